The number of β-lactam (4-membered cyclic amide) rings is 1. The van der Waals surface area contributed by atoms with Crippen molar-refractivity contribution in [3.05, 3.63) is 40.0 Å². The van der Waals surface area contributed by atoms with E-state index in [1.807, 2.05) is 0 Å². The number of nitrogens with two attached hydrogens (primary N) is 1. The van der Waals surface area contributed by atoms with Gasteiger partial charge in [-0.1, -0.05) is 16.9 Å². The largest absolute Gasteiger partial charge is 0.477 e. The molecule has 0 aromatic carbocycles. The van der Waals surface area contributed by atoms with Gasteiger partial charge in [0.25, 0.3) is 11.8 Å². The molecule has 1 saturated heterocycles. The number of aromatic amines is 1. The van der Waals surface area contributed by atoms with Crippen LogP contribution in [0.2, 0.25) is 0 Å². The van der Waals surface area contributed by atoms with Gasteiger partial charge in [0.1, 0.15) is 27.8 Å². The first-order chi connectivity index (χ1) is 15.4. The highest BCUT2D eigenvalue weighted by atomic mass is 32.2. The fourth-order valence-corrected chi connectivity index (χ4v) is 5.47. The van der Waals surface area contributed by atoms with Crippen LogP contribution in [-0.2, 0) is 14.4 Å². The Morgan fingerprint density at radius 2 is 2.28 bits per heavy atom. The van der Waals surface area contributed by atoms with Gasteiger partial charge < -0.3 is 21.4 Å². The van der Waals surface area contributed by atoms with E-state index in [4.69, 9.17) is 5.73 Å². The van der Waals surface area contributed by atoms with E-state index in [2.05, 4.69) is 30.9 Å². The van der Waals surface area contributed by atoms with Gasteiger partial charge in [0.05, 0.1) is 6.20 Å². The lowest BCUT2D eigenvalue weighted by atomic mass is 10.0. The molecule has 0 aliphatic carbocycles. The summed E-state index contributed by atoms with van der Waals surface area (Å²) in [5, 5.41) is 37.6. The quantitative estimate of drug-likeness (QED) is 0.115. The molecule has 13 nitrogen and oxygen atoms in total. The normalized spacial score (nSPS) is 20.9. The maximum absolute atomic E-state index is 12.7. The summed E-state index contributed by atoms with van der Waals surface area (Å²) in [7, 11) is 0. The molecule has 0 saturated carbocycles. The Morgan fingerprint density at radius 1 is 1.47 bits per heavy atom. The van der Waals surface area contributed by atoms with Crippen molar-refractivity contribution >= 4 is 63.5 Å². The van der Waals surface area contributed by atoms with Crippen molar-refractivity contribution < 1.29 is 24.7 Å². The highest BCUT2D eigenvalue weighted by Crippen LogP contribution is 2.41. The first-order valence-electron chi connectivity index (χ1n) is 8.75. The van der Waals surface area contributed by atoms with E-state index in [0.29, 0.717) is 16.4 Å². The van der Waals surface area contributed by atoms with E-state index >= 15 is 0 Å². The third-order valence-electron chi connectivity index (χ3n) is 4.42. The number of carbonyl (C=O) groups excluding carboxylic acids is 2. The number of carboxylic acid groups (broad SMARTS) is 1. The van der Waals surface area contributed by atoms with E-state index in [1.54, 1.807) is 11.5 Å². The van der Waals surface area contributed by atoms with E-state index in [1.165, 1.54) is 35.1 Å². The van der Waals surface area contributed by atoms with Crippen LogP contribution < -0.4 is 11.1 Å². The number of carboxylic acids is 1. The van der Waals surface area contributed by atoms with Crippen molar-refractivity contribution in [2.75, 3.05) is 11.5 Å². The number of anilines is 1. The standard InChI is InChI=1S/C16H14N8O5S3/c17-16-19-7(5-32-16)9(22-29)12(25)20-10-13(26)24-11(15(27)28)6(4-31-14(10)24)1-2-30-8-3-18-23-21-8/h1-3,5,10,14,29H,4H2,(H2,17,19)(H,20,25)(H,27,28)(H,18,21,23)/b2-1+,22-9?/t10-,14-/m1/s1. The average Bonchev–Trinajstić information content (AvgIpc) is 3.44. The second-order valence-electron chi connectivity index (χ2n) is 6.29. The van der Waals surface area contributed by atoms with Crippen LogP contribution in [0.15, 0.2) is 44.5 Å². The maximum atomic E-state index is 12.7. The summed E-state index contributed by atoms with van der Waals surface area (Å²) >= 11 is 3.60. The van der Waals surface area contributed by atoms with Gasteiger partial charge >= 0.3 is 5.97 Å². The SMILES string of the molecule is Nc1nc(C(=NO)C(=O)N[C@@H]2C(=O)N3C(C(=O)O)=C(/C=C/Sc4cn[nH]n4)CS[C@H]23)cs1. The Bertz CT molecular complexity index is 1160. The van der Waals surface area contributed by atoms with Crippen LogP contribution in [0.3, 0.4) is 0 Å². The lowest BCUT2D eigenvalue weighted by molar-refractivity contribution is -0.150. The number of aromatic nitrogens is 4. The number of nitrogens with one attached hydrogen (secondary N) is 2. The first-order valence-corrected chi connectivity index (χ1v) is 11.6. The number of oxime groups is 1. The number of carbonyl (C=O) groups is 3. The maximum Gasteiger partial charge on any atom is 0.352 e. The van der Waals surface area contributed by atoms with Crippen molar-refractivity contribution in [3.63, 3.8) is 0 Å². The van der Waals surface area contributed by atoms with E-state index in [0.717, 1.165) is 16.2 Å². The predicted molar refractivity (Wildman–Crippen MR) is 116 cm³/mol. The molecule has 1 fully saturated rings. The molecule has 32 heavy (non-hydrogen) atoms. The number of amides is 2. The van der Waals surface area contributed by atoms with E-state index in [-0.39, 0.29) is 16.5 Å². The zero-order valence-corrected chi connectivity index (χ0v) is 18.3. The molecule has 2 aliphatic rings. The molecule has 0 bridgehead atoms. The molecular formula is C16H14N8O5S3. The molecule has 0 spiro atoms. The lowest BCUT2D eigenvalue weighted by Gasteiger charge is -2.49. The Balaban J connectivity index is 1.48. The summed E-state index contributed by atoms with van der Waals surface area (Å²) in [5.74, 6) is -2.36. The topological polar surface area (TPSA) is 200 Å². The van der Waals surface area contributed by atoms with Crippen LogP contribution in [0.5, 0.6) is 0 Å². The number of hydrogen-bond acceptors (Lipinski definition) is 12. The van der Waals surface area contributed by atoms with Crippen LogP contribution in [0.4, 0.5) is 5.13 Å². The van der Waals surface area contributed by atoms with Crippen LogP contribution >= 0.6 is 34.9 Å². The molecule has 4 rings (SSSR count). The number of allylic oxidation sites excluding steroid dienone is 1. The third kappa shape index (κ3) is 4.06. The van der Waals surface area contributed by atoms with Gasteiger partial charge in [0.15, 0.2) is 10.8 Å². The molecule has 4 heterocycles. The Hall–Kier alpha value is -3.37. The van der Waals surface area contributed by atoms with Crippen LogP contribution in [0.1, 0.15) is 5.69 Å². The van der Waals surface area contributed by atoms with Gasteiger partial charge in [-0.05, 0) is 17.1 Å². The Morgan fingerprint density at radius 3 is 2.91 bits per heavy atom. The van der Waals surface area contributed by atoms with Crippen molar-refractivity contribution in [2.45, 2.75) is 16.4 Å². The zero-order valence-electron chi connectivity index (χ0n) is 15.8. The molecule has 2 aromatic heterocycles. The fraction of sp³-hybridized carbons (Fsp3) is 0.188. The van der Waals surface area contributed by atoms with Gasteiger partial charge in [0.2, 0.25) is 0 Å². The molecule has 0 unspecified atom stereocenters. The summed E-state index contributed by atoms with van der Waals surface area (Å²) < 4.78 is 0. The minimum absolute atomic E-state index is 0.0654. The molecule has 2 amide bonds. The van der Waals surface area contributed by atoms with Crippen LogP contribution in [-0.4, -0.2) is 76.3 Å². The Kier molecular flexibility index (Phi) is 6.15. The first kappa shape index (κ1) is 21.8. The number of thioether (sulfide) groups is 2. The number of thiazole rings is 1. The molecular weight excluding hydrogens is 480 g/mol. The summed E-state index contributed by atoms with van der Waals surface area (Å²) in [6, 6.07) is -0.982. The molecule has 2 atom stereocenters. The van der Waals surface area contributed by atoms with Gasteiger partial charge in [-0.3, -0.25) is 14.5 Å². The van der Waals surface area contributed by atoms with Crippen LogP contribution in [0, 0.1) is 0 Å². The second kappa shape index (κ2) is 9.01. The van der Waals surface area contributed by atoms with Gasteiger partial charge in [-0.2, -0.15) is 10.3 Å². The number of rotatable bonds is 7. The number of fused-ring (bicyclic) bond motifs is 1. The van der Waals surface area contributed by atoms with Gasteiger partial charge in [-0.25, -0.2) is 9.78 Å². The number of nitrogen functional groups attached to an aromatic ring is 1. The lowest BCUT2D eigenvalue weighted by Crippen LogP contribution is -2.71. The second-order valence-corrected chi connectivity index (χ2v) is 9.21. The molecule has 2 aromatic rings. The minimum atomic E-state index is -1.25. The van der Waals surface area contributed by atoms with Crippen LogP contribution in [0.25, 0.3) is 0 Å². The highest BCUT2D eigenvalue weighted by molar-refractivity contribution is 8.02. The summed E-state index contributed by atoms with van der Waals surface area (Å²) in [6.07, 6.45) is 3.12. The predicted octanol–water partition coefficient (Wildman–Crippen LogP) is 0.0663. The fourth-order valence-electron chi connectivity index (χ4n) is 3.02. The van der Waals surface area contributed by atoms with Gasteiger partial charge in [0, 0.05) is 11.1 Å². The molecule has 16 heteroatoms. The minimum Gasteiger partial charge on any atom is -0.477 e. The van der Waals surface area contributed by atoms with Crippen molar-refractivity contribution in [1.82, 2.24) is 30.6 Å². The zero-order chi connectivity index (χ0) is 22.8. The number of hydrogen-bond donors (Lipinski definition) is 5. The molecule has 0 radical (unpaired) electrons. The van der Waals surface area contributed by atoms with Gasteiger partial charge in [-0.15, -0.1) is 28.2 Å². The van der Waals surface area contributed by atoms with E-state index in [9.17, 15) is 24.7 Å². The third-order valence-corrected chi connectivity index (χ3v) is 7.10. The number of nitrogens with zero attached hydrogens (tertiary/aromatic N) is 5. The smallest absolute Gasteiger partial charge is 0.352 e. The van der Waals surface area contributed by atoms with Crippen molar-refractivity contribution in [2.24, 2.45) is 5.16 Å². The average molecular weight is 495 g/mol. The Labute approximate surface area is 191 Å². The summed E-state index contributed by atoms with van der Waals surface area (Å²) in [6.45, 7) is 0. The molecule has 2 aliphatic heterocycles. The van der Waals surface area contributed by atoms with Crippen molar-refractivity contribution in [1.29, 1.82) is 0 Å². The number of aliphatic carboxylic acids is 1. The molecule has 6 N–H and O–H groups in total. The summed E-state index contributed by atoms with van der Waals surface area (Å²) in [4.78, 5) is 42.1. The highest BCUT2D eigenvalue weighted by Gasteiger charge is 2.54. The van der Waals surface area contributed by atoms with E-state index < -0.39 is 34.9 Å². The number of H-pyrrole nitrogens is 1. The summed E-state index contributed by atoms with van der Waals surface area (Å²) in [5.41, 5.74) is 5.51. The van der Waals surface area contributed by atoms with Crippen molar-refractivity contribution in [3.8, 4) is 0 Å². The molecule has 166 valence electrons. The monoisotopic (exact) mass is 494 g/mol.